The van der Waals surface area contributed by atoms with Gasteiger partial charge in [0.2, 0.25) is 6.79 Å². The van der Waals surface area contributed by atoms with Gasteiger partial charge in [0.05, 0.1) is 0 Å². The second-order valence-corrected chi connectivity index (χ2v) is 4.53. The third-order valence-corrected chi connectivity index (χ3v) is 3.41. The molecule has 0 aliphatic carbocycles. The molecule has 0 saturated carbocycles. The molecule has 3 N–H and O–H groups in total. The highest BCUT2D eigenvalue weighted by molar-refractivity contribution is 5.75. The third kappa shape index (κ3) is 1.70. The molecule has 6 heteroatoms. The number of fused-ring (bicyclic) bond motifs is 1. The minimum atomic E-state index is -0.866. The topological polar surface area (TPSA) is 79.8 Å². The van der Waals surface area contributed by atoms with Gasteiger partial charge >= 0.3 is 5.97 Å². The number of nitrogens with one attached hydrogen (secondary N) is 2. The van der Waals surface area contributed by atoms with Crippen molar-refractivity contribution in [1.82, 2.24) is 10.9 Å². The van der Waals surface area contributed by atoms with Crippen molar-refractivity contribution < 1.29 is 19.4 Å². The molecule has 2 heterocycles. The Balaban J connectivity index is 1.95. The summed E-state index contributed by atoms with van der Waals surface area (Å²) in [7, 11) is 0. The van der Waals surface area contributed by atoms with E-state index in [1.165, 1.54) is 0 Å². The fourth-order valence-electron chi connectivity index (χ4n) is 2.51. The number of hydrazine groups is 1. The van der Waals surface area contributed by atoms with E-state index >= 15 is 0 Å². The number of rotatable bonds is 2. The smallest absolute Gasteiger partial charge is 0.322 e. The summed E-state index contributed by atoms with van der Waals surface area (Å²) in [5, 5.41) is 9.20. The summed E-state index contributed by atoms with van der Waals surface area (Å²) in [6, 6.07) is 4.96. The van der Waals surface area contributed by atoms with Crippen molar-refractivity contribution in [3.05, 3.63) is 23.8 Å². The molecule has 1 saturated heterocycles. The van der Waals surface area contributed by atoms with Crippen molar-refractivity contribution in [2.75, 3.05) is 6.79 Å². The van der Waals surface area contributed by atoms with Crippen molar-refractivity contribution >= 4 is 5.97 Å². The van der Waals surface area contributed by atoms with E-state index in [0.717, 1.165) is 5.56 Å². The van der Waals surface area contributed by atoms with Gasteiger partial charge in [-0.05, 0) is 24.6 Å². The van der Waals surface area contributed by atoms with Crippen LogP contribution in [0.15, 0.2) is 18.2 Å². The lowest BCUT2D eigenvalue weighted by Gasteiger charge is -2.18. The van der Waals surface area contributed by atoms with Crippen molar-refractivity contribution in [2.45, 2.75) is 24.9 Å². The lowest BCUT2D eigenvalue weighted by atomic mass is 9.88. The van der Waals surface area contributed by atoms with Gasteiger partial charge in [-0.1, -0.05) is 6.07 Å². The molecule has 6 nitrogen and oxygen atoms in total. The van der Waals surface area contributed by atoms with E-state index < -0.39 is 12.0 Å². The molecular formula is C12H14N2O4. The van der Waals surface area contributed by atoms with Crippen LogP contribution in [0, 0.1) is 0 Å². The summed E-state index contributed by atoms with van der Waals surface area (Å²) in [5.74, 6) is 0.374. The van der Waals surface area contributed by atoms with Crippen LogP contribution >= 0.6 is 0 Å². The molecule has 3 unspecified atom stereocenters. The monoisotopic (exact) mass is 250 g/mol. The highest BCUT2D eigenvalue weighted by Gasteiger charge is 2.39. The van der Waals surface area contributed by atoms with Crippen LogP contribution in [0.4, 0.5) is 0 Å². The molecule has 1 aromatic carbocycles. The molecule has 1 fully saturated rings. The first kappa shape index (κ1) is 11.3. The van der Waals surface area contributed by atoms with Crippen LogP contribution in [-0.4, -0.2) is 30.0 Å². The summed E-state index contributed by atoms with van der Waals surface area (Å²) in [5.41, 5.74) is 6.69. The minimum Gasteiger partial charge on any atom is -0.480 e. The molecular weight excluding hydrogens is 236 g/mol. The summed E-state index contributed by atoms with van der Waals surface area (Å²) in [6.45, 7) is 2.17. The molecule has 18 heavy (non-hydrogen) atoms. The first-order valence-electron chi connectivity index (χ1n) is 5.80. The highest BCUT2D eigenvalue weighted by Crippen LogP contribution is 2.37. The van der Waals surface area contributed by atoms with E-state index in [4.69, 9.17) is 9.47 Å². The molecule has 0 aromatic heterocycles. The second-order valence-electron chi connectivity index (χ2n) is 4.53. The van der Waals surface area contributed by atoms with Gasteiger partial charge in [0.1, 0.15) is 6.04 Å². The number of carboxylic acid groups (broad SMARTS) is 1. The van der Waals surface area contributed by atoms with E-state index in [0.29, 0.717) is 11.5 Å². The molecule has 0 amide bonds. The zero-order valence-electron chi connectivity index (χ0n) is 9.84. The standard InChI is InChI=1S/C12H14N2O4/c1-6-10(11(12(15)16)14-13-6)7-2-3-8-9(4-7)18-5-17-8/h2-4,6,10-11,13-14H,5H2,1H3,(H,15,16). The lowest BCUT2D eigenvalue weighted by molar-refractivity contribution is -0.139. The van der Waals surface area contributed by atoms with Crippen molar-refractivity contribution in [3.8, 4) is 11.5 Å². The van der Waals surface area contributed by atoms with Gasteiger partial charge in [-0.3, -0.25) is 10.2 Å². The predicted octanol–water partition coefficient (Wildman–Crippen LogP) is 0.448. The maximum Gasteiger partial charge on any atom is 0.322 e. The maximum atomic E-state index is 11.2. The first-order valence-corrected chi connectivity index (χ1v) is 5.80. The Morgan fingerprint density at radius 1 is 1.33 bits per heavy atom. The lowest BCUT2D eigenvalue weighted by Crippen LogP contribution is -2.38. The Bertz CT molecular complexity index is 491. The Morgan fingerprint density at radius 3 is 2.89 bits per heavy atom. The Kier molecular flexibility index (Phi) is 2.61. The predicted molar refractivity (Wildman–Crippen MR) is 62.5 cm³/mol. The summed E-state index contributed by atoms with van der Waals surface area (Å²) >= 11 is 0. The Labute approximate surface area is 104 Å². The summed E-state index contributed by atoms with van der Waals surface area (Å²) in [4.78, 5) is 11.2. The van der Waals surface area contributed by atoms with Gasteiger partial charge in [0, 0.05) is 12.0 Å². The minimum absolute atomic E-state index is 0.0338. The zero-order chi connectivity index (χ0) is 12.7. The van der Waals surface area contributed by atoms with Gasteiger partial charge in [-0.2, -0.15) is 0 Å². The highest BCUT2D eigenvalue weighted by atomic mass is 16.7. The fraction of sp³-hybridized carbons (Fsp3) is 0.417. The molecule has 0 spiro atoms. The average molecular weight is 250 g/mol. The normalized spacial score (nSPS) is 29.5. The number of hydrogen-bond donors (Lipinski definition) is 3. The van der Waals surface area contributed by atoms with E-state index in [-0.39, 0.29) is 18.8 Å². The van der Waals surface area contributed by atoms with Crippen LogP contribution in [0.25, 0.3) is 0 Å². The van der Waals surface area contributed by atoms with Crippen molar-refractivity contribution in [1.29, 1.82) is 0 Å². The van der Waals surface area contributed by atoms with E-state index in [1.54, 1.807) is 0 Å². The number of carbonyl (C=O) groups is 1. The van der Waals surface area contributed by atoms with Gasteiger partial charge in [0.25, 0.3) is 0 Å². The van der Waals surface area contributed by atoms with Crippen LogP contribution in [0.3, 0.4) is 0 Å². The number of hydrogen-bond acceptors (Lipinski definition) is 5. The van der Waals surface area contributed by atoms with Crippen LogP contribution in [-0.2, 0) is 4.79 Å². The molecule has 96 valence electrons. The van der Waals surface area contributed by atoms with Crippen molar-refractivity contribution in [3.63, 3.8) is 0 Å². The second kappa shape index (κ2) is 4.15. The van der Waals surface area contributed by atoms with Crippen LogP contribution < -0.4 is 20.3 Å². The Morgan fingerprint density at radius 2 is 2.11 bits per heavy atom. The number of carboxylic acids is 1. The number of ether oxygens (including phenoxy) is 2. The van der Waals surface area contributed by atoms with Crippen LogP contribution in [0.1, 0.15) is 18.4 Å². The quantitative estimate of drug-likeness (QED) is 0.707. The summed E-state index contributed by atoms with van der Waals surface area (Å²) < 4.78 is 10.6. The van der Waals surface area contributed by atoms with E-state index in [1.807, 2.05) is 25.1 Å². The molecule has 1 aromatic rings. The van der Waals surface area contributed by atoms with Gasteiger partial charge in [0.15, 0.2) is 11.5 Å². The molecule has 3 atom stereocenters. The average Bonchev–Trinajstić information content (AvgIpc) is 2.93. The third-order valence-electron chi connectivity index (χ3n) is 3.41. The molecule has 2 aliphatic rings. The zero-order valence-corrected chi connectivity index (χ0v) is 9.84. The largest absolute Gasteiger partial charge is 0.480 e. The maximum absolute atomic E-state index is 11.2. The number of aliphatic carboxylic acids is 1. The van der Waals surface area contributed by atoms with E-state index in [2.05, 4.69) is 10.9 Å². The molecule has 0 radical (unpaired) electrons. The van der Waals surface area contributed by atoms with Crippen LogP contribution in [0.2, 0.25) is 0 Å². The molecule has 3 rings (SSSR count). The number of benzene rings is 1. The van der Waals surface area contributed by atoms with Gasteiger partial charge in [-0.15, -0.1) is 0 Å². The van der Waals surface area contributed by atoms with E-state index in [9.17, 15) is 9.90 Å². The van der Waals surface area contributed by atoms with Gasteiger partial charge in [-0.25, -0.2) is 5.43 Å². The Hall–Kier alpha value is -1.79. The first-order chi connectivity index (χ1) is 8.66. The molecule has 0 bridgehead atoms. The summed E-state index contributed by atoms with van der Waals surface area (Å²) in [6.07, 6.45) is 0. The fourth-order valence-corrected chi connectivity index (χ4v) is 2.51. The van der Waals surface area contributed by atoms with Gasteiger partial charge < -0.3 is 14.6 Å². The SMILES string of the molecule is CC1NNC(C(=O)O)C1c1ccc2c(c1)OCO2. The van der Waals surface area contributed by atoms with Crippen LogP contribution in [0.5, 0.6) is 11.5 Å². The van der Waals surface area contributed by atoms with Crippen molar-refractivity contribution in [2.24, 2.45) is 0 Å². The molecule has 2 aliphatic heterocycles.